The van der Waals surface area contributed by atoms with E-state index in [1.807, 2.05) is 18.2 Å². The van der Waals surface area contributed by atoms with Gasteiger partial charge in [-0.1, -0.05) is 30.3 Å². The summed E-state index contributed by atoms with van der Waals surface area (Å²) in [5.41, 5.74) is 0.843. The third-order valence-corrected chi connectivity index (χ3v) is 1.20. The Morgan fingerprint density at radius 1 is 1.25 bits per heavy atom. The zero-order chi connectivity index (χ0) is 7.40. The fraction of sp³-hybridized carbons (Fsp3) is 0.111. The van der Waals surface area contributed by atoms with E-state index in [1.54, 1.807) is 12.1 Å². The van der Waals surface area contributed by atoms with Crippen molar-refractivity contribution in [1.82, 2.24) is 0 Å². The Labute approximate surface area is 84.8 Å². The van der Waals surface area contributed by atoms with Crippen LogP contribution in [-0.4, -0.2) is 11.1 Å². The van der Waals surface area contributed by atoms with Gasteiger partial charge in [0, 0.05) is 0 Å². The van der Waals surface area contributed by atoms with Crippen molar-refractivity contribution < 1.29 is 28.8 Å². The first-order valence-corrected chi connectivity index (χ1v) is 3.05. The van der Waals surface area contributed by atoms with E-state index in [-0.39, 0.29) is 32.7 Å². The summed E-state index contributed by atoms with van der Waals surface area (Å²) in [6.45, 7) is 0. The molecule has 12 heavy (non-hydrogen) atoms. The molecule has 0 saturated carbocycles. The number of aliphatic carboxylic acids is 1. The van der Waals surface area contributed by atoms with E-state index in [4.69, 9.17) is 5.11 Å². The van der Waals surface area contributed by atoms with Gasteiger partial charge in [0.1, 0.15) is 0 Å². The van der Waals surface area contributed by atoms with Crippen molar-refractivity contribution in [2.24, 2.45) is 0 Å². The number of rotatable bonds is 2. The van der Waals surface area contributed by atoms with Crippen LogP contribution in [0.15, 0.2) is 30.3 Å². The van der Waals surface area contributed by atoms with Gasteiger partial charge in [-0.05, 0) is 5.56 Å². The normalized spacial score (nSPS) is 7.67. The van der Waals surface area contributed by atoms with Crippen molar-refractivity contribution >= 4 is 5.97 Å². The Bertz CT molecular complexity index is 221. The summed E-state index contributed by atoms with van der Waals surface area (Å²) in [4.78, 5) is 10.2. The van der Waals surface area contributed by atoms with Crippen LogP contribution in [-0.2, 0) is 11.2 Å². The van der Waals surface area contributed by atoms with Gasteiger partial charge in [-0.15, -0.1) is 0 Å². The number of carboxylic acid groups (broad SMARTS) is 1. The Kier molecular flexibility index (Phi) is 8.04. The van der Waals surface area contributed by atoms with E-state index in [0.29, 0.717) is 0 Å². The van der Waals surface area contributed by atoms with Crippen LogP contribution in [0.25, 0.3) is 0 Å². The van der Waals surface area contributed by atoms with Crippen LogP contribution in [0.5, 0.6) is 0 Å². The molecule has 0 aliphatic rings. The molecule has 0 unspecified atom stereocenters. The van der Waals surface area contributed by atoms with Gasteiger partial charge in [-0.25, -0.2) is 0 Å². The molecule has 0 radical (unpaired) electrons. The van der Waals surface area contributed by atoms with Gasteiger partial charge in [0.15, 0.2) is 0 Å². The van der Waals surface area contributed by atoms with E-state index in [1.165, 1.54) is 0 Å². The van der Waals surface area contributed by atoms with E-state index in [2.05, 4.69) is 0 Å². The van der Waals surface area contributed by atoms with Gasteiger partial charge in [-0.2, -0.15) is 0 Å². The Balaban J connectivity index is 0. The van der Waals surface area contributed by atoms with Crippen molar-refractivity contribution in [1.29, 1.82) is 0 Å². The van der Waals surface area contributed by atoms with Crippen LogP contribution in [0.3, 0.4) is 0 Å². The van der Waals surface area contributed by atoms with Crippen LogP contribution < -0.4 is 18.9 Å². The molecule has 60 valence electrons. The van der Waals surface area contributed by atoms with Crippen molar-refractivity contribution in [2.75, 3.05) is 0 Å². The minimum absolute atomic E-state index is 0. The molecule has 0 aliphatic heterocycles. The van der Waals surface area contributed by atoms with Gasteiger partial charge in [0.2, 0.25) is 0 Å². The molecule has 0 heterocycles. The molecule has 0 aliphatic carbocycles. The van der Waals surface area contributed by atoms with Crippen molar-refractivity contribution in [3.63, 3.8) is 0 Å². The number of hydrogen-bond acceptors (Lipinski definition) is 1. The summed E-state index contributed by atoms with van der Waals surface area (Å²) in [5.74, 6) is -0.786. The van der Waals surface area contributed by atoms with Crippen LogP contribution in [0.1, 0.15) is 5.56 Å². The number of carbonyl (C=O) groups is 1. The maximum absolute atomic E-state index is 10.2. The van der Waals surface area contributed by atoms with Crippen LogP contribution in [0, 0.1) is 7.43 Å². The van der Waals surface area contributed by atoms with E-state index in [9.17, 15) is 4.79 Å². The Hall–Kier alpha value is -0.713. The third kappa shape index (κ3) is 5.01. The fourth-order valence-corrected chi connectivity index (χ4v) is 0.770. The number of carboxylic acids is 1. The molecular weight excluding hydrogens is 147 g/mol. The molecule has 1 rings (SSSR count). The van der Waals surface area contributed by atoms with Crippen LogP contribution in [0.4, 0.5) is 0 Å². The average molecular weight is 158 g/mol. The predicted molar refractivity (Wildman–Crippen MR) is 44.2 cm³/mol. The molecule has 3 heteroatoms. The summed E-state index contributed by atoms with van der Waals surface area (Å²) >= 11 is 0. The van der Waals surface area contributed by atoms with Crippen LogP contribution >= 0.6 is 0 Å². The molecule has 1 aromatic carbocycles. The number of hydrogen-bond donors (Lipinski definition) is 1. The first-order chi connectivity index (χ1) is 4.79. The summed E-state index contributed by atoms with van der Waals surface area (Å²) in [6, 6.07) is 9.13. The van der Waals surface area contributed by atoms with Crippen LogP contribution in [0.2, 0.25) is 0 Å². The summed E-state index contributed by atoms with van der Waals surface area (Å²) in [5, 5.41) is 8.37. The minimum Gasteiger partial charge on any atom is -0.481 e. The molecule has 2 nitrogen and oxygen atoms in total. The molecule has 1 aromatic rings. The fourth-order valence-electron chi connectivity index (χ4n) is 0.770. The monoisotopic (exact) mass is 158 g/mol. The maximum Gasteiger partial charge on any atom is 1.00 e. The molecule has 0 aromatic heterocycles. The summed E-state index contributed by atoms with van der Waals surface area (Å²) in [7, 11) is 0. The first kappa shape index (κ1) is 13.8. The maximum atomic E-state index is 10.2. The van der Waals surface area contributed by atoms with Gasteiger partial charge in [-0.3, -0.25) is 4.79 Å². The molecule has 0 atom stereocenters. The standard InChI is InChI=1S/C8H8O2.CH3.Li/c9-8(10)6-7-4-2-1-3-5-7;;/h1-5H,6H2,(H,9,10);1H3;/q;-1;+1. The van der Waals surface area contributed by atoms with Gasteiger partial charge in [0.05, 0.1) is 6.42 Å². The first-order valence-electron chi connectivity index (χ1n) is 3.05. The zero-order valence-corrected chi connectivity index (χ0v) is 7.45. The van der Waals surface area contributed by atoms with Crippen molar-refractivity contribution in [3.05, 3.63) is 43.3 Å². The largest absolute Gasteiger partial charge is 1.00 e. The SMILES string of the molecule is O=C(O)Cc1ccccc1.[CH3-].[Li+]. The second-order valence-electron chi connectivity index (χ2n) is 2.06. The quantitative estimate of drug-likeness (QED) is 0.432. The summed E-state index contributed by atoms with van der Waals surface area (Å²) in [6.07, 6.45) is 0.112. The van der Waals surface area contributed by atoms with Gasteiger partial charge < -0.3 is 12.5 Å². The van der Waals surface area contributed by atoms with Gasteiger partial charge in [0.25, 0.3) is 0 Å². The Morgan fingerprint density at radius 3 is 2.17 bits per heavy atom. The molecule has 0 saturated heterocycles. The van der Waals surface area contributed by atoms with Gasteiger partial charge >= 0.3 is 24.8 Å². The molecule has 0 spiro atoms. The molecular formula is C9H11LiO2. The van der Waals surface area contributed by atoms with Crippen molar-refractivity contribution in [3.8, 4) is 0 Å². The van der Waals surface area contributed by atoms with Crippen molar-refractivity contribution in [2.45, 2.75) is 6.42 Å². The topological polar surface area (TPSA) is 37.3 Å². The molecule has 0 amide bonds. The second kappa shape index (κ2) is 6.96. The van der Waals surface area contributed by atoms with E-state index >= 15 is 0 Å². The average Bonchev–Trinajstić information content (AvgIpc) is 1.88. The number of benzene rings is 1. The second-order valence-corrected chi connectivity index (χ2v) is 2.06. The molecule has 0 fully saturated rings. The summed E-state index contributed by atoms with van der Waals surface area (Å²) < 4.78 is 0. The third-order valence-electron chi connectivity index (χ3n) is 1.20. The predicted octanol–water partition coefficient (Wildman–Crippen LogP) is -1.23. The molecule has 0 bridgehead atoms. The van der Waals surface area contributed by atoms with E-state index in [0.717, 1.165) is 5.56 Å². The minimum atomic E-state index is -0.786. The Morgan fingerprint density at radius 2 is 1.75 bits per heavy atom. The smallest absolute Gasteiger partial charge is 0.481 e. The van der Waals surface area contributed by atoms with E-state index < -0.39 is 5.97 Å². The zero-order valence-electron chi connectivity index (χ0n) is 7.45. The molecule has 1 N–H and O–H groups in total.